The van der Waals surface area contributed by atoms with Crippen molar-refractivity contribution in [3.8, 4) is 0 Å². The van der Waals surface area contributed by atoms with Crippen LogP contribution in [0, 0.1) is 0 Å². The van der Waals surface area contributed by atoms with Crippen molar-refractivity contribution in [3.63, 3.8) is 0 Å². The first-order chi connectivity index (χ1) is 6.25. The van der Waals surface area contributed by atoms with Crippen molar-refractivity contribution >= 4 is 11.6 Å². The average Bonchev–Trinajstić information content (AvgIpc) is 2.44. The van der Waals surface area contributed by atoms with Gasteiger partial charge in [-0.2, -0.15) is 0 Å². The Balaban J connectivity index is 2.44. The summed E-state index contributed by atoms with van der Waals surface area (Å²) >= 11 is 0. The molecule has 0 saturated carbocycles. The molecule has 0 aliphatic heterocycles. The summed E-state index contributed by atoms with van der Waals surface area (Å²) in [7, 11) is 0. The highest BCUT2D eigenvalue weighted by Crippen LogP contribution is 2.04. The Hall–Kier alpha value is -1.84. The summed E-state index contributed by atoms with van der Waals surface area (Å²) in [6.45, 7) is 0. The van der Waals surface area contributed by atoms with E-state index < -0.39 is 5.97 Å². The monoisotopic (exact) mass is 176 g/mol. The van der Waals surface area contributed by atoms with E-state index in [4.69, 9.17) is 5.11 Å². The molecule has 0 atom stereocenters. The van der Waals surface area contributed by atoms with Gasteiger partial charge in [0.15, 0.2) is 0 Å². The molecule has 4 heteroatoms. The van der Waals surface area contributed by atoms with Crippen LogP contribution in [-0.4, -0.2) is 20.5 Å². The Morgan fingerprint density at radius 3 is 3.08 bits per heavy atom. The first-order valence-electron chi connectivity index (χ1n) is 3.90. The van der Waals surface area contributed by atoms with E-state index >= 15 is 0 Å². The van der Waals surface area contributed by atoms with Crippen molar-refractivity contribution in [1.82, 2.24) is 9.38 Å². The van der Waals surface area contributed by atoms with Crippen LogP contribution in [0.15, 0.2) is 30.6 Å². The van der Waals surface area contributed by atoms with E-state index in [2.05, 4.69) is 4.98 Å². The summed E-state index contributed by atoms with van der Waals surface area (Å²) in [5.74, 6) is -0.858. The third-order valence-corrected chi connectivity index (χ3v) is 1.75. The van der Waals surface area contributed by atoms with Crippen LogP contribution >= 0.6 is 0 Å². The van der Waals surface area contributed by atoms with Crippen LogP contribution < -0.4 is 0 Å². The van der Waals surface area contributed by atoms with E-state index in [1.165, 1.54) is 0 Å². The lowest BCUT2D eigenvalue weighted by atomic mass is 10.3. The maximum Gasteiger partial charge on any atom is 0.309 e. The van der Waals surface area contributed by atoms with Crippen molar-refractivity contribution in [2.24, 2.45) is 0 Å². The maximum atomic E-state index is 10.4. The highest BCUT2D eigenvalue weighted by Gasteiger charge is 2.04. The van der Waals surface area contributed by atoms with Gasteiger partial charge in [0.2, 0.25) is 0 Å². The molecule has 0 spiro atoms. The molecule has 2 aromatic rings. The lowest BCUT2D eigenvalue weighted by molar-refractivity contribution is -0.136. The first-order valence-corrected chi connectivity index (χ1v) is 3.90. The summed E-state index contributed by atoms with van der Waals surface area (Å²) in [5, 5.41) is 8.54. The molecule has 1 N–H and O–H groups in total. The molecule has 0 unspecified atom stereocenters. The first kappa shape index (κ1) is 7.79. The van der Waals surface area contributed by atoms with Gasteiger partial charge in [-0.3, -0.25) is 4.79 Å². The molecule has 66 valence electrons. The van der Waals surface area contributed by atoms with E-state index in [-0.39, 0.29) is 6.42 Å². The fourth-order valence-corrected chi connectivity index (χ4v) is 1.23. The number of aliphatic carboxylic acids is 1. The number of pyridine rings is 1. The average molecular weight is 176 g/mol. The summed E-state index contributed by atoms with van der Waals surface area (Å²) < 4.78 is 1.80. The number of rotatable bonds is 2. The number of fused-ring (bicyclic) bond motifs is 1. The zero-order valence-corrected chi connectivity index (χ0v) is 6.84. The molecule has 0 aliphatic rings. The Morgan fingerprint density at radius 1 is 1.54 bits per heavy atom. The summed E-state index contributed by atoms with van der Waals surface area (Å²) in [6.07, 6.45) is 3.54. The van der Waals surface area contributed by atoms with E-state index in [9.17, 15) is 4.79 Å². The smallest absolute Gasteiger partial charge is 0.309 e. The summed E-state index contributed by atoms with van der Waals surface area (Å²) in [6, 6.07) is 5.58. The molecular formula is C9H8N2O2. The number of carboxylic acid groups (broad SMARTS) is 1. The van der Waals surface area contributed by atoms with Crippen LogP contribution in [0.2, 0.25) is 0 Å². The number of hydrogen-bond donors (Lipinski definition) is 1. The summed E-state index contributed by atoms with van der Waals surface area (Å²) in [4.78, 5) is 14.5. The van der Waals surface area contributed by atoms with E-state index in [1.54, 1.807) is 10.6 Å². The number of nitrogens with zero attached hydrogens (tertiary/aromatic N) is 2. The molecule has 0 aromatic carbocycles. The van der Waals surface area contributed by atoms with Crippen molar-refractivity contribution < 1.29 is 9.90 Å². The SMILES string of the molecule is O=C(O)Cc1cn2ccccc2n1. The van der Waals surface area contributed by atoms with Crippen molar-refractivity contribution in [2.45, 2.75) is 6.42 Å². The number of carboxylic acids is 1. The van der Waals surface area contributed by atoms with Crippen LogP contribution in [0.25, 0.3) is 5.65 Å². The quantitative estimate of drug-likeness (QED) is 0.741. The zero-order chi connectivity index (χ0) is 9.26. The molecule has 2 aromatic heterocycles. The Bertz CT molecular complexity index is 415. The van der Waals surface area contributed by atoms with Gasteiger partial charge in [-0.15, -0.1) is 0 Å². The molecule has 0 amide bonds. The highest BCUT2D eigenvalue weighted by molar-refractivity contribution is 5.69. The second-order valence-corrected chi connectivity index (χ2v) is 2.77. The maximum absolute atomic E-state index is 10.4. The third-order valence-electron chi connectivity index (χ3n) is 1.75. The van der Waals surface area contributed by atoms with Gasteiger partial charge in [-0.25, -0.2) is 4.98 Å². The van der Waals surface area contributed by atoms with E-state index in [0.717, 1.165) is 5.65 Å². The second-order valence-electron chi connectivity index (χ2n) is 2.77. The minimum absolute atomic E-state index is 0.0261. The molecule has 0 radical (unpaired) electrons. The zero-order valence-electron chi connectivity index (χ0n) is 6.84. The van der Waals surface area contributed by atoms with Gasteiger partial charge in [0.25, 0.3) is 0 Å². The van der Waals surface area contributed by atoms with Gasteiger partial charge in [0, 0.05) is 12.4 Å². The van der Waals surface area contributed by atoms with Gasteiger partial charge in [0.05, 0.1) is 12.1 Å². The second kappa shape index (κ2) is 2.90. The molecule has 13 heavy (non-hydrogen) atoms. The molecule has 4 nitrogen and oxygen atoms in total. The number of imidazole rings is 1. The van der Waals surface area contributed by atoms with Gasteiger partial charge in [-0.05, 0) is 12.1 Å². The molecule has 2 rings (SSSR count). The van der Waals surface area contributed by atoms with Crippen molar-refractivity contribution in [2.75, 3.05) is 0 Å². The van der Waals surface area contributed by atoms with Gasteiger partial charge in [-0.1, -0.05) is 6.07 Å². The van der Waals surface area contributed by atoms with Gasteiger partial charge < -0.3 is 9.51 Å². The molecule has 0 fully saturated rings. The molecule has 0 aliphatic carbocycles. The lowest BCUT2D eigenvalue weighted by Gasteiger charge is -1.86. The van der Waals surface area contributed by atoms with Gasteiger partial charge in [0.1, 0.15) is 5.65 Å². The fourth-order valence-electron chi connectivity index (χ4n) is 1.23. The molecular weight excluding hydrogens is 168 g/mol. The van der Waals surface area contributed by atoms with Crippen molar-refractivity contribution in [1.29, 1.82) is 0 Å². The van der Waals surface area contributed by atoms with Crippen LogP contribution in [0.4, 0.5) is 0 Å². The predicted octanol–water partition coefficient (Wildman–Crippen LogP) is 0.961. The fraction of sp³-hybridized carbons (Fsp3) is 0.111. The Morgan fingerprint density at radius 2 is 2.38 bits per heavy atom. The molecule has 2 heterocycles. The third kappa shape index (κ3) is 1.51. The standard InChI is InChI=1S/C9H8N2O2/c12-9(13)5-7-6-11-4-2-1-3-8(11)10-7/h1-4,6H,5H2,(H,12,13). The molecule has 0 saturated heterocycles. The minimum atomic E-state index is -0.858. The summed E-state index contributed by atoms with van der Waals surface area (Å²) in [5.41, 5.74) is 1.36. The normalized spacial score (nSPS) is 10.5. The number of aromatic nitrogens is 2. The van der Waals surface area contributed by atoms with Gasteiger partial charge >= 0.3 is 5.97 Å². The largest absolute Gasteiger partial charge is 0.481 e. The van der Waals surface area contributed by atoms with Crippen LogP contribution in [-0.2, 0) is 11.2 Å². The van der Waals surface area contributed by atoms with Crippen LogP contribution in [0.5, 0.6) is 0 Å². The lowest BCUT2D eigenvalue weighted by Crippen LogP contribution is -1.99. The molecule has 0 bridgehead atoms. The van der Waals surface area contributed by atoms with Crippen LogP contribution in [0.3, 0.4) is 0 Å². The minimum Gasteiger partial charge on any atom is -0.481 e. The van der Waals surface area contributed by atoms with Crippen LogP contribution in [0.1, 0.15) is 5.69 Å². The topological polar surface area (TPSA) is 54.6 Å². The highest BCUT2D eigenvalue weighted by atomic mass is 16.4. The number of carbonyl (C=O) groups is 1. The van der Waals surface area contributed by atoms with E-state index in [0.29, 0.717) is 5.69 Å². The Labute approximate surface area is 74.5 Å². The van der Waals surface area contributed by atoms with E-state index in [1.807, 2.05) is 24.4 Å². The predicted molar refractivity (Wildman–Crippen MR) is 46.5 cm³/mol. The number of hydrogen-bond acceptors (Lipinski definition) is 2. The van der Waals surface area contributed by atoms with Crippen molar-refractivity contribution in [3.05, 3.63) is 36.3 Å². The Kier molecular flexibility index (Phi) is 1.73.